The highest BCUT2D eigenvalue weighted by atomic mass is 16.5. The van der Waals surface area contributed by atoms with Crippen molar-refractivity contribution in [3.05, 3.63) is 59.7 Å². The van der Waals surface area contributed by atoms with Gasteiger partial charge in [0.25, 0.3) is 0 Å². The Labute approximate surface area is 204 Å². The predicted octanol–water partition coefficient (Wildman–Crippen LogP) is 2.82. The minimum Gasteiger partial charge on any atom is -0.480 e. The quantitative estimate of drug-likeness (QED) is 0.540. The summed E-state index contributed by atoms with van der Waals surface area (Å²) < 4.78 is 5.65. The van der Waals surface area contributed by atoms with Crippen molar-refractivity contribution < 1.29 is 24.2 Å². The third kappa shape index (κ3) is 4.38. The molecule has 0 heterocycles. The number of nitrogens with zero attached hydrogens (tertiary/aromatic N) is 1. The number of likely N-dealkylation sites (N-methyl/N-ethyl adjacent to an activating group) is 1. The van der Waals surface area contributed by atoms with E-state index >= 15 is 0 Å². The Kier molecular flexibility index (Phi) is 6.01. The maximum absolute atomic E-state index is 12.9. The van der Waals surface area contributed by atoms with Gasteiger partial charge in [0, 0.05) is 18.5 Å². The molecule has 0 bridgehead atoms. The van der Waals surface area contributed by atoms with Gasteiger partial charge in [-0.3, -0.25) is 4.79 Å². The second kappa shape index (κ2) is 9.00. The molecule has 3 aliphatic rings. The van der Waals surface area contributed by atoms with Gasteiger partial charge in [-0.15, -0.1) is 0 Å². The number of amides is 2. The molecular weight excluding hydrogens is 446 g/mol. The summed E-state index contributed by atoms with van der Waals surface area (Å²) in [4.78, 5) is 38.8. The number of benzene rings is 2. The van der Waals surface area contributed by atoms with Gasteiger partial charge < -0.3 is 25.4 Å². The highest BCUT2D eigenvalue weighted by Gasteiger charge is 2.65. The standard InChI is InChI=1S/C27H31N3O5/c1-30(2)14-23(24(31)32)29-25(33)27-12-16(27)11-17(13-27)28-26(34)35-15-22-20-9-5-3-7-18(20)19-8-4-6-10-21(19)22/h3-10,16-17,22-23H,11-15H2,1-2H3,(H,28,34)(H,29,33)(H,31,32)/t16-,17+,23?,27+/m1/s1. The van der Waals surface area contributed by atoms with Crippen LogP contribution in [0, 0.1) is 11.3 Å². The number of nitrogens with one attached hydrogen (secondary N) is 2. The molecule has 3 N–H and O–H groups in total. The third-order valence-corrected chi connectivity index (χ3v) is 7.68. The van der Waals surface area contributed by atoms with Gasteiger partial charge in [-0.05, 0) is 61.5 Å². The number of rotatable bonds is 8. The summed E-state index contributed by atoms with van der Waals surface area (Å²) in [6, 6.07) is 15.3. The number of carboxylic acids is 1. The van der Waals surface area contributed by atoms with E-state index in [0.717, 1.165) is 17.5 Å². The van der Waals surface area contributed by atoms with E-state index in [4.69, 9.17) is 4.74 Å². The zero-order valence-electron chi connectivity index (χ0n) is 20.0. The molecule has 2 aromatic rings. The molecule has 35 heavy (non-hydrogen) atoms. The monoisotopic (exact) mass is 477 g/mol. The van der Waals surface area contributed by atoms with E-state index in [9.17, 15) is 19.5 Å². The molecule has 5 rings (SSSR count). The first-order valence-electron chi connectivity index (χ1n) is 12.1. The van der Waals surface area contributed by atoms with Gasteiger partial charge >= 0.3 is 12.1 Å². The van der Waals surface area contributed by atoms with Crippen LogP contribution in [-0.4, -0.2) is 67.3 Å². The minimum atomic E-state index is -1.05. The van der Waals surface area contributed by atoms with Crippen LogP contribution >= 0.6 is 0 Å². The highest BCUT2D eigenvalue weighted by Crippen LogP contribution is 2.63. The maximum Gasteiger partial charge on any atom is 0.407 e. The highest BCUT2D eigenvalue weighted by molar-refractivity contribution is 5.90. The van der Waals surface area contributed by atoms with Crippen molar-refractivity contribution in [2.24, 2.45) is 11.3 Å². The Hall–Kier alpha value is -3.39. The Morgan fingerprint density at radius 2 is 1.69 bits per heavy atom. The van der Waals surface area contributed by atoms with Crippen molar-refractivity contribution >= 4 is 18.0 Å². The molecule has 2 fully saturated rings. The van der Waals surface area contributed by atoms with E-state index in [1.165, 1.54) is 11.1 Å². The Bertz CT molecular complexity index is 1120. The minimum absolute atomic E-state index is 0.00750. The van der Waals surface area contributed by atoms with Gasteiger partial charge in [-0.2, -0.15) is 0 Å². The lowest BCUT2D eigenvalue weighted by molar-refractivity contribution is -0.143. The fourth-order valence-electron chi connectivity index (χ4n) is 5.95. The maximum atomic E-state index is 12.9. The first-order valence-corrected chi connectivity index (χ1v) is 12.1. The molecule has 0 radical (unpaired) electrons. The van der Waals surface area contributed by atoms with Gasteiger partial charge in [0.1, 0.15) is 12.6 Å². The lowest BCUT2D eigenvalue weighted by atomic mass is 9.98. The molecule has 8 heteroatoms. The smallest absolute Gasteiger partial charge is 0.407 e. The van der Waals surface area contributed by atoms with E-state index < -0.39 is 23.5 Å². The summed E-state index contributed by atoms with van der Waals surface area (Å²) in [6.07, 6.45) is 1.45. The summed E-state index contributed by atoms with van der Waals surface area (Å²) in [6.45, 7) is 0.468. The Morgan fingerprint density at radius 3 is 2.29 bits per heavy atom. The number of carboxylic acid groups (broad SMARTS) is 1. The van der Waals surface area contributed by atoms with Crippen LogP contribution in [-0.2, 0) is 14.3 Å². The molecule has 2 saturated carbocycles. The second-order valence-electron chi connectivity index (χ2n) is 10.3. The first-order chi connectivity index (χ1) is 16.8. The van der Waals surface area contributed by atoms with E-state index in [-0.39, 0.29) is 36.9 Å². The molecule has 0 saturated heterocycles. The number of hydrogen-bond acceptors (Lipinski definition) is 5. The number of carbonyl (C=O) groups is 3. The fraction of sp³-hybridized carbons (Fsp3) is 0.444. The summed E-state index contributed by atoms with van der Waals surface area (Å²) in [7, 11) is 3.54. The molecular formula is C27H31N3O5. The van der Waals surface area contributed by atoms with Crippen molar-refractivity contribution in [2.45, 2.75) is 37.3 Å². The Morgan fingerprint density at radius 1 is 1.06 bits per heavy atom. The van der Waals surface area contributed by atoms with Crippen LogP contribution in [0.25, 0.3) is 11.1 Å². The van der Waals surface area contributed by atoms with Crippen LogP contribution in [0.5, 0.6) is 0 Å². The molecule has 0 aromatic heterocycles. The van der Waals surface area contributed by atoms with E-state index in [1.807, 2.05) is 24.3 Å². The van der Waals surface area contributed by atoms with Crippen molar-refractivity contribution in [1.29, 1.82) is 0 Å². The van der Waals surface area contributed by atoms with Gasteiger partial charge in [0.15, 0.2) is 0 Å². The molecule has 184 valence electrons. The zero-order valence-corrected chi connectivity index (χ0v) is 20.0. The number of carbonyl (C=O) groups excluding carboxylic acids is 2. The number of hydrogen-bond donors (Lipinski definition) is 3. The molecule has 0 aliphatic heterocycles. The molecule has 1 unspecified atom stereocenters. The van der Waals surface area contributed by atoms with E-state index in [2.05, 4.69) is 34.9 Å². The lowest BCUT2D eigenvalue weighted by Gasteiger charge is -2.22. The van der Waals surface area contributed by atoms with Gasteiger partial charge in [0.05, 0.1) is 5.41 Å². The van der Waals surface area contributed by atoms with Crippen molar-refractivity contribution in [3.8, 4) is 11.1 Å². The van der Waals surface area contributed by atoms with Crippen LogP contribution in [0.15, 0.2) is 48.5 Å². The fourth-order valence-corrected chi connectivity index (χ4v) is 5.95. The molecule has 0 spiro atoms. The summed E-state index contributed by atoms with van der Waals surface area (Å²) in [5.41, 5.74) is 4.08. The molecule has 3 aliphatic carbocycles. The van der Waals surface area contributed by atoms with Crippen LogP contribution < -0.4 is 10.6 Å². The average Bonchev–Trinajstić information content (AvgIpc) is 3.25. The predicted molar refractivity (Wildman–Crippen MR) is 130 cm³/mol. The number of fused-ring (bicyclic) bond motifs is 4. The third-order valence-electron chi connectivity index (χ3n) is 7.68. The largest absolute Gasteiger partial charge is 0.480 e. The van der Waals surface area contributed by atoms with E-state index in [1.54, 1.807) is 19.0 Å². The van der Waals surface area contributed by atoms with Gasteiger partial charge in [-0.1, -0.05) is 48.5 Å². The van der Waals surface area contributed by atoms with Crippen LogP contribution in [0.4, 0.5) is 4.79 Å². The SMILES string of the molecule is CN(C)CC(NC(=O)[C@@]12C[C@@H](NC(=O)OCC3c4ccccc4-c4ccccc43)C[C@@H]1C2)C(=O)O. The van der Waals surface area contributed by atoms with Gasteiger partial charge in [0.2, 0.25) is 5.91 Å². The number of alkyl carbamates (subject to hydrolysis) is 1. The van der Waals surface area contributed by atoms with Gasteiger partial charge in [-0.25, -0.2) is 9.59 Å². The Balaban J connectivity index is 1.16. The normalized spacial score (nSPS) is 24.8. The van der Waals surface area contributed by atoms with Crippen LogP contribution in [0.3, 0.4) is 0 Å². The molecule has 2 aromatic carbocycles. The molecule has 4 atom stereocenters. The number of aliphatic carboxylic acids is 1. The van der Waals surface area contributed by atoms with Crippen LogP contribution in [0.2, 0.25) is 0 Å². The lowest BCUT2D eigenvalue weighted by Crippen LogP contribution is -2.49. The number of ether oxygens (including phenoxy) is 1. The van der Waals surface area contributed by atoms with Crippen LogP contribution in [0.1, 0.15) is 36.3 Å². The zero-order chi connectivity index (χ0) is 24.7. The van der Waals surface area contributed by atoms with E-state index in [0.29, 0.717) is 12.8 Å². The topological polar surface area (TPSA) is 108 Å². The van der Waals surface area contributed by atoms with Crippen molar-refractivity contribution in [2.75, 3.05) is 27.2 Å². The first kappa shape index (κ1) is 23.4. The summed E-state index contributed by atoms with van der Waals surface area (Å²) >= 11 is 0. The molecule has 2 amide bonds. The van der Waals surface area contributed by atoms with Crippen molar-refractivity contribution in [1.82, 2.24) is 15.5 Å². The summed E-state index contributed by atoms with van der Waals surface area (Å²) in [5.74, 6) is -1.12. The summed E-state index contributed by atoms with van der Waals surface area (Å²) in [5, 5.41) is 15.1. The second-order valence-corrected chi connectivity index (χ2v) is 10.3. The average molecular weight is 478 g/mol. The molecule has 8 nitrogen and oxygen atoms in total. The van der Waals surface area contributed by atoms with Crippen molar-refractivity contribution in [3.63, 3.8) is 0 Å².